The van der Waals surface area contributed by atoms with Crippen LogP contribution in [0.4, 0.5) is 0 Å². The molecule has 0 aromatic heterocycles. The highest BCUT2D eigenvalue weighted by Crippen LogP contribution is 2.19. The summed E-state index contributed by atoms with van der Waals surface area (Å²) in [6, 6.07) is 8.74. The molecule has 1 N–H and O–H groups in total. The maximum absolute atomic E-state index is 11.9. The van der Waals surface area contributed by atoms with Gasteiger partial charge in [0.05, 0.1) is 12.5 Å². The standard InChI is InChI=1S/C21H32N4O2.HI/c1-3-27-20(26)18-9-13-25(14-10-18)21(22-2)23-11-15-24-12-8-17-6-4-5-7-19(17)16-24;/h4-7,18H,3,8-16H2,1-2H3,(H,22,23);1H. The predicted octanol–water partition coefficient (Wildman–Crippen LogP) is 2.51. The van der Waals surface area contributed by atoms with Gasteiger partial charge in [0, 0.05) is 46.3 Å². The van der Waals surface area contributed by atoms with Crippen LogP contribution in [0, 0.1) is 5.92 Å². The number of nitrogens with zero attached hydrogens (tertiary/aromatic N) is 3. The normalized spacial score (nSPS) is 18.2. The molecule has 0 atom stereocenters. The highest BCUT2D eigenvalue weighted by Gasteiger charge is 2.27. The van der Waals surface area contributed by atoms with Crippen LogP contribution in [0.1, 0.15) is 30.9 Å². The van der Waals surface area contributed by atoms with Crippen molar-refractivity contribution < 1.29 is 9.53 Å². The van der Waals surface area contributed by atoms with Gasteiger partial charge < -0.3 is 15.0 Å². The van der Waals surface area contributed by atoms with Crippen LogP contribution < -0.4 is 5.32 Å². The number of fused-ring (bicyclic) bond motifs is 1. The third-order valence-electron chi connectivity index (χ3n) is 5.55. The van der Waals surface area contributed by atoms with Gasteiger partial charge >= 0.3 is 5.97 Å². The minimum absolute atomic E-state index is 0. The summed E-state index contributed by atoms with van der Waals surface area (Å²) >= 11 is 0. The predicted molar refractivity (Wildman–Crippen MR) is 123 cm³/mol. The fourth-order valence-electron chi connectivity index (χ4n) is 3.99. The third-order valence-corrected chi connectivity index (χ3v) is 5.55. The van der Waals surface area contributed by atoms with Gasteiger partial charge in [-0.05, 0) is 37.3 Å². The molecule has 1 fully saturated rings. The monoisotopic (exact) mass is 500 g/mol. The number of esters is 1. The van der Waals surface area contributed by atoms with E-state index in [0.717, 1.165) is 64.5 Å². The van der Waals surface area contributed by atoms with Crippen molar-refractivity contribution in [2.75, 3.05) is 46.4 Å². The summed E-state index contributed by atoms with van der Waals surface area (Å²) in [7, 11) is 1.83. The molecule has 6 nitrogen and oxygen atoms in total. The molecular formula is C21H33IN4O2. The van der Waals surface area contributed by atoms with E-state index in [2.05, 4.69) is 44.4 Å². The van der Waals surface area contributed by atoms with Crippen molar-refractivity contribution in [3.05, 3.63) is 35.4 Å². The number of hydrogen-bond donors (Lipinski definition) is 1. The Balaban J connectivity index is 0.00000280. The van der Waals surface area contributed by atoms with E-state index in [4.69, 9.17) is 4.74 Å². The molecule has 156 valence electrons. The highest BCUT2D eigenvalue weighted by molar-refractivity contribution is 14.0. The molecule has 0 radical (unpaired) electrons. The second kappa shape index (κ2) is 11.6. The van der Waals surface area contributed by atoms with Crippen LogP contribution in [-0.4, -0.2) is 68.1 Å². The quantitative estimate of drug-likeness (QED) is 0.292. The molecule has 1 aromatic carbocycles. The number of nitrogens with one attached hydrogen (secondary N) is 1. The number of piperidine rings is 1. The van der Waals surface area contributed by atoms with E-state index in [1.807, 2.05) is 14.0 Å². The summed E-state index contributed by atoms with van der Waals surface area (Å²) in [6.45, 7) is 8.05. The molecule has 0 spiro atoms. The highest BCUT2D eigenvalue weighted by atomic mass is 127. The lowest BCUT2D eigenvalue weighted by Gasteiger charge is -2.34. The van der Waals surface area contributed by atoms with Crippen molar-refractivity contribution in [2.24, 2.45) is 10.9 Å². The Morgan fingerprint density at radius 3 is 2.61 bits per heavy atom. The van der Waals surface area contributed by atoms with E-state index < -0.39 is 0 Å². The number of halogens is 1. The van der Waals surface area contributed by atoms with Gasteiger partial charge in [0.25, 0.3) is 0 Å². The molecule has 0 bridgehead atoms. The molecule has 0 amide bonds. The maximum atomic E-state index is 11.9. The Morgan fingerprint density at radius 1 is 1.21 bits per heavy atom. The van der Waals surface area contributed by atoms with Crippen molar-refractivity contribution in [1.29, 1.82) is 0 Å². The number of likely N-dealkylation sites (tertiary alicyclic amines) is 1. The Labute approximate surface area is 185 Å². The fraction of sp³-hybridized carbons (Fsp3) is 0.619. The zero-order valence-corrected chi connectivity index (χ0v) is 19.4. The summed E-state index contributed by atoms with van der Waals surface area (Å²) in [4.78, 5) is 21.1. The van der Waals surface area contributed by atoms with Crippen molar-refractivity contribution in [1.82, 2.24) is 15.1 Å². The minimum atomic E-state index is -0.0505. The molecule has 28 heavy (non-hydrogen) atoms. The number of benzene rings is 1. The number of aliphatic imine (C=N–C) groups is 1. The Bertz CT molecular complexity index is 660. The average molecular weight is 500 g/mol. The molecule has 0 aliphatic carbocycles. The lowest BCUT2D eigenvalue weighted by atomic mass is 9.97. The first-order chi connectivity index (χ1) is 13.2. The van der Waals surface area contributed by atoms with Gasteiger partial charge in [0.2, 0.25) is 0 Å². The van der Waals surface area contributed by atoms with Crippen LogP contribution in [0.3, 0.4) is 0 Å². The van der Waals surface area contributed by atoms with Crippen LogP contribution >= 0.6 is 24.0 Å². The topological polar surface area (TPSA) is 57.2 Å². The zero-order chi connectivity index (χ0) is 19.1. The molecule has 3 rings (SSSR count). The van der Waals surface area contributed by atoms with Gasteiger partial charge in [0.1, 0.15) is 0 Å². The zero-order valence-electron chi connectivity index (χ0n) is 17.0. The van der Waals surface area contributed by atoms with Gasteiger partial charge in [-0.15, -0.1) is 24.0 Å². The second-order valence-electron chi connectivity index (χ2n) is 7.28. The lowest BCUT2D eigenvalue weighted by Crippen LogP contribution is -2.48. The van der Waals surface area contributed by atoms with E-state index in [0.29, 0.717) is 6.61 Å². The number of hydrogen-bond acceptors (Lipinski definition) is 4. The number of rotatable bonds is 5. The van der Waals surface area contributed by atoms with E-state index in [1.54, 1.807) is 0 Å². The van der Waals surface area contributed by atoms with Crippen LogP contribution in [0.15, 0.2) is 29.3 Å². The number of carbonyl (C=O) groups is 1. The summed E-state index contributed by atoms with van der Waals surface area (Å²) in [5, 5.41) is 3.50. The van der Waals surface area contributed by atoms with Gasteiger partial charge in [-0.3, -0.25) is 14.7 Å². The van der Waals surface area contributed by atoms with E-state index in [1.165, 1.54) is 11.1 Å². The molecule has 1 saturated heterocycles. The van der Waals surface area contributed by atoms with Crippen LogP contribution in [-0.2, 0) is 22.5 Å². The summed E-state index contributed by atoms with van der Waals surface area (Å²) in [5.74, 6) is 0.924. The SMILES string of the molecule is CCOC(=O)C1CCN(C(=NC)NCCN2CCc3ccccc3C2)CC1.I. The van der Waals surface area contributed by atoms with Gasteiger partial charge in [-0.2, -0.15) is 0 Å². The molecule has 0 unspecified atom stereocenters. The van der Waals surface area contributed by atoms with Crippen LogP contribution in [0.5, 0.6) is 0 Å². The van der Waals surface area contributed by atoms with Crippen molar-refractivity contribution in [3.8, 4) is 0 Å². The minimum Gasteiger partial charge on any atom is -0.466 e. The van der Waals surface area contributed by atoms with Gasteiger partial charge in [-0.1, -0.05) is 24.3 Å². The number of ether oxygens (including phenoxy) is 1. The average Bonchev–Trinajstić information content (AvgIpc) is 2.71. The van der Waals surface area contributed by atoms with Crippen molar-refractivity contribution >= 4 is 35.9 Å². The number of carbonyl (C=O) groups excluding carboxylic acids is 1. The Kier molecular flexibility index (Phi) is 9.50. The summed E-state index contributed by atoms with van der Waals surface area (Å²) in [6.07, 6.45) is 2.80. The van der Waals surface area contributed by atoms with Crippen molar-refractivity contribution in [3.63, 3.8) is 0 Å². The second-order valence-corrected chi connectivity index (χ2v) is 7.28. The van der Waals surface area contributed by atoms with E-state index in [-0.39, 0.29) is 35.9 Å². The maximum Gasteiger partial charge on any atom is 0.309 e. The van der Waals surface area contributed by atoms with E-state index in [9.17, 15) is 4.79 Å². The fourth-order valence-corrected chi connectivity index (χ4v) is 3.99. The van der Waals surface area contributed by atoms with Gasteiger partial charge in [0.15, 0.2) is 5.96 Å². The summed E-state index contributed by atoms with van der Waals surface area (Å²) < 4.78 is 5.15. The Morgan fingerprint density at radius 2 is 1.93 bits per heavy atom. The first-order valence-corrected chi connectivity index (χ1v) is 10.1. The first kappa shape index (κ1) is 22.9. The Hall–Kier alpha value is -1.35. The molecule has 0 saturated carbocycles. The third kappa shape index (κ3) is 6.07. The largest absolute Gasteiger partial charge is 0.466 e. The molecule has 2 aliphatic rings. The van der Waals surface area contributed by atoms with Gasteiger partial charge in [-0.25, -0.2) is 0 Å². The number of guanidine groups is 1. The first-order valence-electron chi connectivity index (χ1n) is 10.1. The lowest BCUT2D eigenvalue weighted by molar-refractivity contribution is -0.149. The molecular weight excluding hydrogens is 467 g/mol. The summed E-state index contributed by atoms with van der Waals surface area (Å²) in [5.41, 5.74) is 2.94. The smallest absolute Gasteiger partial charge is 0.309 e. The van der Waals surface area contributed by atoms with Crippen LogP contribution in [0.2, 0.25) is 0 Å². The molecule has 2 heterocycles. The van der Waals surface area contributed by atoms with Crippen LogP contribution in [0.25, 0.3) is 0 Å². The molecule has 2 aliphatic heterocycles. The molecule has 7 heteroatoms. The van der Waals surface area contributed by atoms with E-state index >= 15 is 0 Å². The van der Waals surface area contributed by atoms with Crippen molar-refractivity contribution in [2.45, 2.75) is 32.7 Å². The molecule has 1 aromatic rings.